The molecule has 0 radical (unpaired) electrons. The fraction of sp³-hybridized carbons (Fsp3) is 0.263. The molecule has 1 aliphatic heterocycles. The quantitative estimate of drug-likeness (QED) is 0.837. The first-order valence-corrected chi connectivity index (χ1v) is 8.33. The number of hydrogen-bond acceptors (Lipinski definition) is 2. The van der Waals surface area contributed by atoms with E-state index in [1.807, 2.05) is 31.2 Å². The monoisotopic (exact) mass is 341 g/mol. The van der Waals surface area contributed by atoms with Gasteiger partial charge in [-0.05, 0) is 44.0 Å². The lowest BCUT2D eigenvalue weighted by atomic mass is 9.93. The van der Waals surface area contributed by atoms with Gasteiger partial charge in [0.1, 0.15) is 0 Å². The SMILES string of the molecule is CNC(=O)N1N=C(c2ccc(Cl)cc2)c2cc(C)ccc2C[C@H]1C. The number of hydrazone groups is 1. The minimum Gasteiger partial charge on any atom is -0.340 e. The van der Waals surface area contributed by atoms with Crippen LogP contribution in [0.4, 0.5) is 4.79 Å². The summed E-state index contributed by atoms with van der Waals surface area (Å²) in [6.07, 6.45) is 0.754. The normalized spacial score (nSPS) is 16.9. The van der Waals surface area contributed by atoms with Crippen LogP contribution in [0.2, 0.25) is 5.02 Å². The first-order chi connectivity index (χ1) is 11.5. The summed E-state index contributed by atoms with van der Waals surface area (Å²) in [5.41, 5.74) is 5.15. The smallest absolute Gasteiger partial charge is 0.337 e. The number of benzene rings is 2. The van der Waals surface area contributed by atoms with Crippen LogP contribution in [0, 0.1) is 6.92 Å². The van der Waals surface area contributed by atoms with E-state index in [0.29, 0.717) is 5.02 Å². The highest BCUT2D eigenvalue weighted by Gasteiger charge is 2.26. The zero-order valence-electron chi connectivity index (χ0n) is 14.0. The molecule has 5 heteroatoms. The maximum absolute atomic E-state index is 12.3. The zero-order valence-corrected chi connectivity index (χ0v) is 14.8. The van der Waals surface area contributed by atoms with Gasteiger partial charge in [-0.15, -0.1) is 0 Å². The summed E-state index contributed by atoms with van der Waals surface area (Å²) in [6.45, 7) is 4.07. The Balaban J connectivity index is 2.20. The summed E-state index contributed by atoms with van der Waals surface area (Å²) >= 11 is 6.02. The van der Waals surface area contributed by atoms with E-state index >= 15 is 0 Å². The lowest BCUT2D eigenvalue weighted by molar-refractivity contribution is 0.184. The Morgan fingerprint density at radius 2 is 1.96 bits per heavy atom. The molecule has 1 atom stereocenters. The largest absolute Gasteiger partial charge is 0.340 e. The van der Waals surface area contributed by atoms with Crippen molar-refractivity contribution in [2.75, 3.05) is 7.05 Å². The summed E-state index contributed by atoms with van der Waals surface area (Å²) < 4.78 is 0. The number of carbonyl (C=O) groups is 1. The number of fused-ring (bicyclic) bond motifs is 1. The maximum Gasteiger partial charge on any atom is 0.337 e. The number of nitrogens with one attached hydrogen (secondary N) is 1. The van der Waals surface area contributed by atoms with Crippen molar-refractivity contribution in [1.82, 2.24) is 10.3 Å². The van der Waals surface area contributed by atoms with E-state index in [2.05, 4.69) is 30.4 Å². The summed E-state index contributed by atoms with van der Waals surface area (Å²) in [5.74, 6) is 0. The van der Waals surface area contributed by atoms with Crippen LogP contribution in [-0.4, -0.2) is 29.8 Å². The van der Waals surface area contributed by atoms with E-state index in [1.54, 1.807) is 7.05 Å². The number of carbonyl (C=O) groups excluding carboxylic acids is 1. The van der Waals surface area contributed by atoms with Crippen molar-refractivity contribution in [2.24, 2.45) is 5.10 Å². The highest BCUT2D eigenvalue weighted by atomic mass is 35.5. The molecule has 0 spiro atoms. The lowest BCUT2D eigenvalue weighted by Gasteiger charge is -2.22. The van der Waals surface area contributed by atoms with E-state index in [4.69, 9.17) is 16.7 Å². The van der Waals surface area contributed by atoms with E-state index < -0.39 is 0 Å². The molecule has 3 rings (SSSR count). The highest BCUT2D eigenvalue weighted by molar-refractivity contribution is 6.30. The lowest BCUT2D eigenvalue weighted by Crippen LogP contribution is -2.41. The fourth-order valence-corrected chi connectivity index (χ4v) is 3.06. The summed E-state index contributed by atoms with van der Waals surface area (Å²) in [5, 5.41) is 9.58. The number of amides is 2. The Kier molecular flexibility index (Phi) is 4.58. The molecule has 0 saturated heterocycles. The van der Waals surface area contributed by atoms with E-state index in [-0.39, 0.29) is 12.1 Å². The average Bonchev–Trinajstić information content (AvgIpc) is 2.71. The Morgan fingerprint density at radius 1 is 1.25 bits per heavy atom. The molecule has 2 aromatic carbocycles. The molecular weight excluding hydrogens is 322 g/mol. The summed E-state index contributed by atoms with van der Waals surface area (Å²) in [6, 6.07) is 13.7. The molecule has 1 N–H and O–H groups in total. The molecular formula is C19H20ClN3O. The van der Waals surface area contributed by atoms with Crippen molar-refractivity contribution in [3.8, 4) is 0 Å². The van der Waals surface area contributed by atoms with Crippen molar-refractivity contribution in [1.29, 1.82) is 0 Å². The molecule has 0 fully saturated rings. The second kappa shape index (κ2) is 6.65. The first-order valence-electron chi connectivity index (χ1n) is 7.95. The molecule has 1 aliphatic rings. The molecule has 24 heavy (non-hydrogen) atoms. The third-order valence-corrected chi connectivity index (χ3v) is 4.45. The number of hydrogen-bond donors (Lipinski definition) is 1. The van der Waals surface area contributed by atoms with Gasteiger partial charge in [-0.2, -0.15) is 5.10 Å². The summed E-state index contributed by atoms with van der Waals surface area (Å²) in [7, 11) is 1.62. The van der Waals surface area contributed by atoms with E-state index in [1.165, 1.54) is 10.6 Å². The molecule has 124 valence electrons. The van der Waals surface area contributed by atoms with Crippen LogP contribution in [0.3, 0.4) is 0 Å². The predicted molar refractivity (Wildman–Crippen MR) is 97.7 cm³/mol. The molecule has 0 aromatic heterocycles. The molecule has 2 aromatic rings. The van der Waals surface area contributed by atoms with Crippen molar-refractivity contribution >= 4 is 23.3 Å². The van der Waals surface area contributed by atoms with Gasteiger partial charge < -0.3 is 5.32 Å². The molecule has 2 amide bonds. The number of rotatable bonds is 1. The average molecular weight is 342 g/mol. The first kappa shape index (κ1) is 16.5. The number of aryl methyl sites for hydroxylation is 1. The van der Waals surface area contributed by atoms with Gasteiger partial charge in [-0.1, -0.05) is 41.4 Å². The third kappa shape index (κ3) is 3.15. The van der Waals surface area contributed by atoms with Crippen LogP contribution < -0.4 is 5.32 Å². The minimum atomic E-state index is -0.210. The second-order valence-corrected chi connectivity index (χ2v) is 6.51. The van der Waals surface area contributed by atoms with Crippen molar-refractivity contribution in [3.63, 3.8) is 0 Å². The van der Waals surface area contributed by atoms with Gasteiger partial charge in [0.05, 0.1) is 11.8 Å². The van der Waals surface area contributed by atoms with Gasteiger partial charge in [-0.25, -0.2) is 9.80 Å². The summed E-state index contributed by atoms with van der Waals surface area (Å²) in [4.78, 5) is 12.3. The van der Waals surface area contributed by atoms with Crippen molar-refractivity contribution in [3.05, 3.63) is 69.7 Å². The fourth-order valence-electron chi connectivity index (χ4n) is 2.93. The molecule has 1 heterocycles. The van der Waals surface area contributed by atoms with Crippen LogP contribution in [0.1, 0.15) is 29.2 Å². The number of halogens is 1. The molecule has 0 saturated carbocycles. The van der Waals surface area contributed by atoms with Crippen molar-refractivity contribution < 1.29 is 4.79 Å². The number of nitrogens with zero attached hydrogens (tertiary/aromatic N) is 2. The Morgan fingerprint density at radius 3 is 2.62 bits per heavy atom. The maximum atomic E-state index is 12.3. The molecule has 4 nitrogen and oxygen atoms in total. The van der Waals surface area contributed by atoms with Crippen LogP contribution in [0.25, 0.3) is 0 Å². The van der Waals surface area contributed by atoms with E-state index in [0.717, 1.165) is 28.8 Å². The third-order valence-electron chi connectivity index (χ3n) is 4.20. The highest BCUT2D eigenvalue weighted by Crippen LogP contribution is 2.25. The van der Waals surface area contributed by atoms with Crippen LogP contribution in [0.5, 0.6) is 0 Å². The van der Waals surface area contributed by atoms with Crippen molar-refractivity contribution in [2.45, 2.75) is 26.3 Å². The topological polar surface area (TPSA) is 44.7 Å². The van der Waals surface area contributed by atoms with Gasteiger partial charge in [0.25, 0.3) is 0 Å². The van der Waals surface area contributed by atoms with Gasteiger partial charge in [0.2, 0.25) is 0 Å². The van der Waals surface area contributed by atoms with Crippen LogP contribution >= 0.6 is 11.6 Å². The Bertz CT molecular complexity index is 799. The second-order valence-electron chi connectivity index (χ2n) is 6.07. The molecule has 0 aliphatic carbocycles. The molecule has 0 bridgehead atoms. The van der Waals surface area contributed by atoms with Gasteiger partial charge in [0.15, 0.2) is 0 Å². The predicted octanol–water partition coefficient (Wildman–Crippen LogP) is 3.99. The van der Waals surface area contributed by atoms with Gasteiger partial charge in [-0.3, -0.25) is 0 Å². The number of urea groups is 1. The van der Waals surface area contributed by atoms with Gasteiger partial charge >= 0.3 is 6.03 Å². The van der Waals surface area contributed by atoms with Crippen LogP contribution in [0.15, 0.2) is 47.6 Å². The van der Waals surface area contributed by atoms with E-state index in [9.17, 15) is 4.79 Å². The standard InChI is InChI=1S/C19H20ClN3O/c1-12-4-5-15-11-13(2)23(19(24)21-3)22-18(17(15)10-12)14-6-8-16(20)9-7-14/h4-10,13H,11H2,1-3H3,(H,21,24)/t13-/m1/s1. The minimum absolute atomic E-state index is 0.0313. The Labute approximate surface area is 147 Å². The zero-order chi connectivity index (χ0) is 17.3. The Hall–Kier alpha value is -2.33. The molecule has 0 unspecified atom stereocenters. The van der Waals surface area contributed by atoms with Gasteiger partial charge in [0, 0.05) is 23.2 Å². The van der Waals surface area contributed by atoms with Crippen LogP contribution in [-0.2, 0) is 6.42 Å².